The maximum absolute atomic E-state index is 11.8. The van der Waals surface area contributed by atoms with E-state index in [1.165, 1.54) is 0 Å². The van der Waals surface area contributed by atoms with Gasteiger partial charge in [-0.15, -0.1) is 0 Å². The zero-order chi connectivity index (χ0) is 13.5. The van der Waals surface area contributed by atoms with E-state index in [1.54, 1.807) is 0 Å². The highest BCUT2D eigenvalue weighted by atomic mass is 16.5. The zero-order valence-corrected chi connectivity index (χ0v) is 11.1. The minimum atomic E-state index is -0.0547. The summed E-state index contributed by atoms with van der Waals surface area (Å²) in [4.78, 5) is 11.8. The first-order valence-electron chi connectivity index (χ1n) is 6.48. The molecule has 2 aromatic carbocycles. The van der Waals surface area contributed by atoms with Crippen molar-refractivity contribution in [3.8, 4) is 0 Å². The molecule has 0 amide bonds. The second kappa shape index (κ2) is 6.86. The fraction of sp³-hybridized carbons (Fsp3) is 0.235. The van der Waals surface area contributed by atoms with Crippen LogP contribution in [0.5, 0.6) is 0 Å². The molecular weight excluding hydrogens is 236 g/mol. The number of hydrogen-bond acceptors (Lipinski definition) is 2. The average Bonchev–Trinajstić information content (AvgIpc) is 2.47. The molecule has 0 saturated carbocycles. The third-order valence-corrected chi connectivity index (χ3v) is 3.01. The molecule has 0 aromatic heterocycles. The normalized spacial score (nSPS) is 12.1. The smallest absolute Gasteiger partial charge is 0.162 e. The lowest BCUT2D eigenvalue weighted by molar-refractivity contribution is -0.124. The summed E-state index contributed by atoms with van der Waals surface area (Å²) in [6.07, 6.45) is 0.378. The lowest BCUT2D eigenvalue weighted by Gasteiger charge is -2.12. The van der Waals surface area contributed by atoms with E-state index >= 15 is 0 Å². The Morgan fingerprint density at radius 2 is 1.58 bits per heavy atom. The van der Waals surface area contributed by atoms with Crippen LogP contribution in [-0.4, -0.2) is 12.4 Å². The van der Waals surface area contributed by atoms with E-state index in [-0.39, 0.29) is 18.5 Å². The average molecular weight is 254 g/mol. The summed E-state index contributed by atoms with van der Waals surface area (Å²) in [5.74, 6) is 0.106. The third-order valence-electron chi connectivity index (χ3n) is 3.01. The molecule has 2 nitrogen and oxygen atoms in total. The third kappa shape index (κ3) is 4.34. The van der Waals surface area contributed by atoms with Crippen LogP contribution in [0.4, 0.5) is 0 Å². The molecule has 98 valence electrons. The number of Topliss-reactive ketones (excluding diaryl/α,β-unsaturated/α-hetero) is 1. The number of carbonyl (C=O) groups excluding carboxylic acids is 1. The van der Waals surface area contributed by atoms with Gasteiger partial charge in [0.25, 0.3) is 0 Å². The van der Waals surface area contributed by atoms with Crippen molar-refractivity contribution in [3.63, 3.8) is 0 Å². The van der Waals surface area contributed by atoms with Gasteiger partial charge in [-0.3, -0.25) is 4.79 Å². The van der Waals surface area contributed by atoms with Gasteiger partial charge in [0.2, 0.25) is 0 Å². The molecule has 1 atom stereocenters. The van der Waals surface area contributed by atoms with Gasteiger partial charge in [-0.05, 0) is 18.1 Å². The summed E-state index contributed by atoms with van der Waals surface area (Å²) < 4.78 is 5.61. The van der Waals surface area contributed by atoms with Crippen LogP contribution in [0.3, 0.4) is 0 Å². The molecule has 2 aromatic rings. The van der Waals surface area contributed by atoms with Crippen molar-refractivity contribution < 1.29 is 9.53 Å². The Kier molecular flexibility index (Phi) is 4.87. The minimum Gasteiger partial charge on any atom is -0.366 e. The highest BCUT2D eigenvalue weighted by Gasteiger charge is 2.09. The molecule has 1 unspecified atom stereocenters. The van der Waals surface area contributed by atoms with Crippen molar-refractivity contribution >= 4 is 5.78 Å². The highest BCUT2D eigenvalue weighted by molar-refractivity contribution is 5.82. The molecule has 0 aliphatic heterocycles. The second-order valence-electron chi connectivity index (χ2n) is 4.56. The van der Waals surface area contributed by atoms with E-state index < -0.39 is 0 Å². The van der Waals surface area contributed by atoms with Crippen LogP contribution in [0, 0.1) is 0 Å². The fourth-order valence-electron chi connectivity index (χ4n) is 1.91. The second-order valence-corrected chi connectivity index (χ2v) is 4.56. The molecule has 0 bridgehead atoms. The van der Waals surface area contributed by atoms with E-state index in [1.807, 2.05) is 67.6 Å². The Bertz CT molecular complexity index is 505. The molecule has 0 heterocycles. The van der Waals surface area contributed by atoms with Crippen LogP contribution in [0.25, 0.3) is 0 Å². The maximum atomic E-state index is 11.8. The molecule has 0 fully saturated rings. The topological polar surface area (TPSA) is 26.3 Å². The predicted molar refractivity (Wildman–Crippen MR) is 76.0 cm³/mol. The first-order chi connectivity index (χ1) is 9.25. The van der Waals surface area contributed by atoms with E-state index in [9.17, 15) is 4.79 Å². The summed E-state index contributed by atoms with van der Waals surface area (Å²) in [5.41, 5.74) is 2.12. The van der Waals surface area contributed by atoms with Gasteiger partial charge in [0.05, 0.1) is 6.10 Å². The molecule has 19 heavy (non-hydrogen) atoms. The lowest BCUT2D eigenvalue weighted by Crippen LogP contribution is -2.13. The van der Waals surface area contributed by atoms with Gasteiger partial charge in [-0.25, -0.2) is 0 Å². The van der Waals surface area contributed by atoms with E-state index in [0.29, 0.717) is 6.42 Å². The van der Waals surface area contributed by atoms with Gasteiger partial charge in [-0.2, -0.15) is 0 Å². The Morgan fingerprint density at radius 1 is 1.00 bits per heavy atom. The Balaban J connectivity index is 1.81. The number of ether oxygens (including phenoxy) is 1. The lowest BCUT2D eigenvalue weighted by atomic mass is 10.1. The van der Waals surface area contributed by atoms with E-state index in [2.05, 4.69) is 0 Å². The molecule has 0 spiro atoms. The number of hydrogen-bond donors (Lipinski definition) is 0. The molecule has 2 heteroatoms. The predicted octanol–water partition coefficient (Wildman–Crippen LogP) is 3.58. The first kappa shape index (κ1) is 13.5. The molecule has 0 saturated heterocycles. The monoisotopic (exact) mass is 254 g/mol. The number of benzene rings is 2. The molecule has 2 rings (SSSR count). The zero-order valence-electron chi connectivity index (χ0n) is 11.1. The van der Waals surface area contributed by atoms with Crippen molar-refractivity contribution in [3.05, 3.63) is 71.8 Å². The van der Waals surface area contributed by atoms with Crippen LogP contribution in [-0.2, 0) is 16.0 Å². The standard InChI is InChI=1S/C17H18O2/c1-14(16-10-6-3-7-11-16)19-13-17(18)12-15-8-4-2-5-9-15/h2-11,14H,12-13H2,1H3. The van der Waals surface area contributed by atoms with Gasteiger partial charge in [0, 0.05) is 6.42 Å². The number of carbonyl (C=O) groups is 1. The van der Waals surface area contributed by atoms with Crippen molar-refractivity contribution in [1.29, 1.82) is 0 Å². The summed E-state index contributed by atoms with van der Waals surface area (Å²) >= 11 is 0. The van der Waals surface area contributed by atoms with Crippen molar-refractivity contribution in [2.24, 2.45) is 0 Å². The van der Waals surface area contributed by atoms with Crippen LogP contribution in [0.1, 0.15) is 24.2 Å². The largest absolute Gasteiger partial charge is 0.366 e. The summed E-state index contributed by atoms with van der Waals surface area (Å²) in [6.45, 7) is 2.12. The Hall–Kier alpha value is -1.93. The summed E-state index contributed by atoms with van der Waals surface area (Å²) in [7, 11) is 0. The van der Waals surface area contributed by atoms with Gasteiger partial charge < -0.3 is 4.74 Å². The van der Waals surface area contributed by atoms with Gasteiger partial charge >= 0.3 is 0 Å². The molecular formula is C17H18O2. The van der Waals surface area contributed by atoms with Crippen LogP contribution in [0.2, 0.25) is 0 Å². The van der Waals surface area contributed by atoms with Gasteiger partial charge in [-0.1, -0.05) is 60.7 Å². The fourth-order valence-corrected chi connectivity index (χ4v) is 1.91. The van der Waals surface area contributed by atoms with Crippen LogP contribution < -0.4 is 0 Å². The van der Waals surface area contributed by atoms with Crippen molar-refractivity contribution in [2.45, 2.75) is 19.4 Å². The molecule has 0 N–H and O–H groups in total. The van der Waals surface area contributed by atoms with Crippen LogP contribution in [0.15, 0.2) is 60.7 Å². The quantitative estimate of drug-likeness (QED) is 0.787. The maximum Gasteiger partial charge on any atom is 0.162 e. The number of ketones is 1. The SMILES string of the molecule is CC(OCC(=O)Cc1ccccc1)c1ccccc1. The van der Waals surface area contributed by atoms with E-state index in [4.69, 9.17) is 4.74 Å². The number of rotatable bonds is 6. The molecule has 0 aliphatic carbocycles. The van der Waals surface area contributed by atoms with E-state index in [0.717, 1.165) is 11.1 Å². The van der Waals surface area contributed by atoms with Crippen LogP contribution >= 0.6 is 0 Å². The Labute approximate surface area is 114 Å². The molecule has 0 radical (unpaired) electrons. The Morgan fingerprint density at radius 3 is 2.21 bits per heavy atom. The summed E-state index contributed by atoms with van der Waals surface area (Å²) in [5, 5.41) is 0. The van der Waals surface area contributed by atoms with Gasteiger partial charge in [0.1, 0.15) is 6.61 Å². The molecule has 0 aliphatic rings. The van der Waals surface area contributed by atoms with Crippen molar-refractivity contribution in [1.82, 2.24) is 0 Å². The summed E-state index contributed by atoms with van der Waals surface area (Å²) in [6, 6.07) is 19.7. The first-order valence-corrected chi connectivity index (χ1v) is 6.48. The van der Waals surface area contributed by atoms with Gasteiger partial charge in [0.15, 0.2) is 5.78 Å². The van der Waals surface area contributed by atoms with Crippen molar-refractivity contribution in [2.75, 3.05) is 6.61 Å². The minimum absolute atomic E-state index is 0.0547. The highest BCUT2D eigenvalue weighted by Crippen LogP contribution is 2.15.